The average molecular weight is 434 g/mol. The molecule has 2 amide bonds. The minimum atomic E-state index is -3.79. The van der Waals surface area contributed by atoms with Crippen molar-refractivity contribution in [3.8, 4) is 0 Å². The Bertz CT molecular complexity index is 1150. The van der Waals surface area contributed by atoms with Gasteiger partial charge in [0.25, 0.3) is 21.8 Å². The molecular weight excluding hydrogens is 422 g/mol. The van der Waals surface area contributed by atoms with E-state index >= 15 is 0 Å². The molecule has 0 fully saturated rings. The number of fused-ring (bicyclic) bond motifs is 1. The summed E-state index contributed by atoms with van der Waals surface area (Å²) in [7, 11) is -3.79. The SMILES string of the molecule is O=C1c2cccnc2C(=O)N1Cc1ccc(S(=O)(=O)Nc2ccc(Cl)cc2)s1. The lowest BCUT2D eigenvalue weighted by Gasteiger charge is -2.11. The van der Waals surface area contributed by atoms with Gasteiger partial charge in [-0.15, -0.1) is 11.3 Å². The number of hydrogen-bond donors (Lipinski definition) is 1. The Morgan fingerprint density at radius 2 is 1.79 bits per heavy atom. The standard InChI is InChI=1S/C18H12ClN3O4S2/c19-11-3-5-12(6-4-11)21-28(25,26)15-8-7-13(27-15)10-22-17(23)14-2-1-9-20-16(14)18(22)24/h1-9,21H,10H2. The van der Waals surface area contributed by atoms with Crippen LogP contribution in [0.5, 0.6) is 0 Å². The predicted molar refractivity (Wildman–Crippen MR) is 105 cm³/mol. The van der Waals surface area contributed by atoms with E-state index in [1.165, 1.54) is 12.3 Å². The van der Waals surface area contributed by atoms with E-state index in [9.17, 15) is 18.0 Å². The average Bonchev–Trinajstić information content (AvgIpc) is 3.24. The molecule has 0 spiro atoms. The number of hydrogen-bond acceptors (Lipinski definition) is 6. The quantitative estimate of drug-likeness (QED) is 0.622. The van der Waals surface area contributed by atoms with Crippen LogP contribution in [0.25, 0.3) is 0 Å². The normalized spacial score (nSPS) is 13.7. The van der Waals surface area contributed by atoms with E-state index in [0.717, 1.165) is 16.2 Å². The lowest BCUT2D eigenvalue weighted by Crippen LogP contribution is -2.28. The third-order valence-corrected chi connectivity index (χ3v) is 7.24. The van der Waals surface area contributed by atoms with E-state index in [-0.39, 0.29) is 22.0 Å². The van der Waals surface area contributed by atoms with Crippen molar-refractivity contribution in [2.45, 2.75) is 10.8 Å². The van der Waals surface area contributed by atoms with E-state index in [1.807, 2.05) is 0 Å². The predicted octanol–water partition coefficient (Wildman–Crippen LogP) is 3.39. The number of imide groups is 1. The number of nitrogens with zero attached hydrogens (tertiary/aromatic N) is 2. The summed E-state index contributed by atoms with van der Waals surface area (Å²) in [5.74, 6) is -0.928. The Hall–Kier alpha value is -2.75. The van der Waals surface area contributed by atoms with Crippen LogP contribution in [-0.2, 0) is 16.6 Å². The maximum atomic E-state index is 12.6. The first-order valence-corrected chi connectivity index (χ1v) is 10.7. The van der Waals surface area contributed by atoms with Gasteiger partial charge in [0.05, 0.1) is 12.1 Å². The zero-order valence-electron chi connectivity index (χ0n) is 14.1. The number of nitrogens with one attached hydrogen (secondary N) is 1. The van der Waals surface area contributed by atoms with Crippen molar-refractivity contribution < 1.29 is 18.0 Å². The molecule has 28 heavy (non-hydrogen) atoms. The van der Waals surface area contributed by atoms with Crippen molar-refractivity contribution in [3.63, 3.8) is 0 Å². The van der Waals surface area contributed by atoms with Crippen LogP contribution < -0.4 is 4.72 Å². The van der Waals surface area contributed by atoms with Crippen LogP contribution >= 0.6 is 22.9 Å². The van der Waals surface area contributed by atoms with E-state index in [4.69, 9.17) is 11.6 Å². The highest BCUT2D eigenvalue weighted by molar-refractivity contribution is 7.94. The number of halogens is 1. The Balaban J connectivity index is 1.53. The fourth-order valence-corrected chi connectivity index (χ4v) is 5.25. The largest absolute Gasteiger partial charge is 0.280 e. The molecule has 0 aliphatic carbocycles. The van der Waals surface area contributed by atoms with E-state index in [2.05, 4.69) is 9.71 Å². The Labute approximate surface area is 169 Å². The van der Waals surface area contributed by atoms with Crippen molar-refractivity contribution in [3.05, 3.63) is 75.9 Å². The molecule has 0 radical (unpaired) electrons. The number of thiophene rings is 1. The fraction of sp³-hybridized carbons (Fsp3) is 0.0556. The van der Waals surface area contributed by atoms with Gasteiger partial charge in [0.1, 0.15) is 9.90 Å². The Morgan fingerprint density at radius 1 is 1.04 bits per heavy atom. The first kappa shape index (κ1) is 18.6. The lowest BCUT2D eigenvalue weighted by atomic mass is 10.2. The van der Waals surface area contributed by atoms with Crippen molar-refractivity contribution in [1.29, 1.82) is 0 Å². The van der Waals surface area contributed by atoms with Crippen molar-refractivity contribution in [1.82, 2.24) is 9.88 Å². The van der Waals surface area contributed by atoms with Crippen molar-refractivity contribution in [2.24, 2.45) is 0 Å². The number of sulfonamides is 1. The number of pyridine rings is 1. The molecule has 7 nitrogen and oxygen atoms in total. The van der Waals surface area contributed by atoms with Gasteiger partial charge < -0.3 is 0 Å². The molecule has 0 saturated carbocycles. The molecule has 0 bridgehead atoms. The molecule has 0 atom stereocenters. The van der Waals surface area contributed by atoms with Crippen LogP contribution in [0.3, 0.4) is 0 Å². The molecule has 0 unspecified atom stereocenters. The summed E-state index contributed by atoms with van der Waals surface area (Å²) in [5, 5.41) is 0.497. The molecule has 4 rings (SSSR count). The number of aromatic nitrogens is 1. The van der Waals surface area contributed by atoms with Gasteiger partial charge in [0, 0.05) is 21.8 Å². The number of anilines is 1. The van der Waals surface area contributed by atoms with Gasteiger partial charge in [-0.2, -0.15) is 0 Å². The van der Waals surface area contributed by atoms with Crippen molar-refractivity contribution >= 4 is 50.5 Å². The molecule has 1 aliphatic rings. The number of carbonyl (C=O) groups is 2. The van der Waals surface area contributed by atoms with Gasteiger partial charge >= 0.3 is 0 Å². The van der Waals surface area contributed by atoms with Gasteiger partial charge in [0.15, 0.2) is 0 Å². The molecule has 1 N–H and O–H groups in total. The Morgan fingerprint density at radius 3 is 2.50 bits per heavy atom. The molecule has 3 heterocycles. The van der Waals surface area contributed by atoms with Crippen LogP contribution in [0.4, 0.5) is 5.69 Å². The summed E-state index contributed by atoms with van der Waals surface area (Å²) < 4.78 is 27.6. The monoisotopic (exact) mass is 433 g/mol. The van der Waals surface area contributed by atoms with Crippen LogP contribution in [-0.4, -0.2) is 30.1 Å². The maximum absolute atomic E-state index is 12.6. The summed E-state index contributed by atoms with van der Waals surface area (Å²) in [5.41, 5.74) is 0.744. The number of carbonyl (C=O) groups excluding carboxylic acids is 2. The third kappa shape index (κ3) is 3.39. The highest BCUT2D eigenvalue weighted by atomic mass is 35.5. The fourth-order valence-electron chi connectivity index (χ4n) is 2.72. The van der Waals surface area contributed by atoms with E-state index in [0.29, 0.717) is 15.6 Å². The van der Waals surface area contributed by atoms with Crippen molar-refractivity contribution in [2.75, 3.05) is 4.72 Å². The first-order valence-electron chi connectivity index (χ1n) is 8.03. The molecule has 1 aromatic carbocycles. The number of rotatable bonds is 5. The summed E-state index contributed by atoms with van der Waals surface area (Å²) in [6, 6.07) is 12.4. The zero-order valence-corrected chi connectivity index (χ0v) is 16.5. The molecule has 0 saturated heterocycles. The van der Waals surface area contributed by atoms with Gasteiger partial charge in [0.2, 0.25) is 0 Å². The van der Waals surface area contributed by atoms with Gasteiger partial charge in [-0.05, 0) is 48.5 Å². The minimum absolute atomic E-state index is 0.0187. The Kier molecular flexibility index (Phi) is 4.66. The maximum Gasteiger partial charge on any atom is 0.280 e. The van der Waals surface area contributed by atoms with Crippen LogP contribution in [0.2, 0.25) is 5.02 Å². The van der Waals surface area contributed by atoms with Gasteiger partial charge in [-0.25, -0.2) is 8.42 Å². The van der Waals surface area contributed by atoms with Gasteiger partial charge in [-0.3, -0.25) is 24.2 Å². The zero-order chi connectivity index (χ0) is 19.9. The topological polar surface area (TPSA) is 96.4 Å². The van der Waals surface area contributed by atoms with Crippen LogP contribution in [0, 0.1) is 0 Å². The second-order valence-corrected chi connectivity index (χ2v) is 9.44. The molecule has 3 aromatic rings. The molecule has 10 heteroatoms. The summed E-state index contributed by atoms with van der Waals surface area (Å²) in [6.45, 7) is -0.0187. The highest BCUT2D eigenvalue weighted by Crippen LogP contribution is 2.28. The summed E-state index contributed by atoms with van der Waals surface area (Å²) in [4.78, 5) is 30.4. The summed E-state index contributed by atoms with van der Waals surface area (Å²) in [6.07, 6.45) is 1.45. The van der Waals surface area contributed by atoms with Gasteiger partial charge in [-0.1, -0.05) is 11.6 Å². The highest BCUT2D eigenvalue weighted by Gasteiger charge is 2.36. The molecule has 1 aliphatic heterocycles. The third-order valence-electron chi connectivity index (χ3n) is 4.04. The first-order chi connectivity index (χ1) is 13.3. The number of amides is 2. The second-order valence-electron chi connectivity index (χ2n) is 5.93. The molecule has 142 valence electrons. The van der Waals surface area contributed by atoms with E-state index in [1.54, 1.807) is 42.5 Å². The van der Waals surface area contributed by atoms with Crippen LogP contribution in [0.1, 0.15) is 25.7 Å². The van der Waals surface area contributed by atoms with Crippen LogP contribution in [0.15, 0.2) is 58.9 Å². The van der Waals surface area contributed by atoms with E-state index < -0.39 is 21.8 Å². The smallest absolute Gasteiger partial charge is 0.279 e. The molecular formula is C18H12ClN3O4S2. The summed E-state index contributed by atoms with van der Waals surface area (Å²) >= 11 is 6.79. The number of benzene rings is 1. The molecule has 2 aromatic heterocycles. The minimum Gasteiger partial charge on any atom is -0.279 e. The lowest BCUT2D eigenvalue weighted by molar-refractivity contribution is 0.0642. The second kappa shape index (κ2) is 7.01.